The van der Waals surface area contributed by atoms with Gasteiger partial charge in [0.25, 0.3) is 0 Å². The summed E-state index contributed by atoms with van der Waals surface area (Å²) >= 11 is 6.53. The van der Waals surface area contributed by atoms with Crippen molar-refractivity contribution in [2.45, 2.75) is 44.7 Å². The molecule has 0 aliphatic carbocycles. The summed E-state index contributed by atoms with van der Waals surface area (Å²) in [7, 11) is 1.64. The number of unbranched alkanes of at least 4 members (excludes halogenated alkanes) is 1. The van der Waals surface area contributed by atoms with E-state index in [2.05, 4.69) is 17.0 Å². The SMILES string of the molecule is CCCCC(=O)N1c2ncnn2C(c2ccccc2Cl)CC1c1ccc(OC)cc1. The highest BCUT2D eigenvalue weighted by molar-refractivity contribution is 6.31. The van der Waals surface area contributed by atoms with Crippen LogP contribution in [0.4, 0.5) is 5.95 Å². The summed E-state index contributed by atoms with van der Waals surface area (Å²) in [4.78, 5) is 19.5. The van der Waals surface area contributed by atoms with E-state index in [1.165, 1.54) is 6.33 Å². The molecule has 0 fully saturated rings. The minimum atomic E-state index is -0.168. The first-order chi connectivity index (χ1) is 14.6. The summed E-state index contributed by atoms with van der Waals surface area (Å²) in [5.74, 6) is 1.40. The molecule has 1 aliphatic heterocycles. The number of hydrogen-bond acceptors (Lipinski definition) is 4. The second-order valence-corrected chi connectivity index (χ2v) is 7.84. The van der Waals surface area contributed by atoms with Crippen molar-refractivity contribution in [3.05, 3.63) is 71.0 Å². The molecule has 0 radical (unpaired) electrons. The highest BCUT2D eigenvalue weighted by Crippen LogP contribution is 2.43. The lowest BCUT2D eigenvalue weighted by molar-refractivity contribution is -0.119. The molecule has 0 saturated heterocycles. The molecule has 6 nitrogen and oxygen atoms in total. The van der Waals surface area contributed by atoms with Crippen molar-refractivity contribution in [2.75, 3.05) is 12.0 Å². The Labute approximate surface area is 181 Å². The Morgan fingerprint density at radius 1 is 1.17 bits per heavy atom. The smallest absolute Gasteiger partial charge is 0.231 e. The molecule has 3 aromatic rings. The van der Waals surface area contributed by atoms with E-state index in [0.29, 0.717) is 23.8 Å². The normalized spacial score (nSPS) is 18.2. The van der Waals surface area contributed by atoms with E-state index in [9.17, 15) is 4.79 Å². The predicted octanol–water partition coefficient (Wildman–Crippen LogP) is 5.20. The maximum atomic E-state index is 13.2. The van der Waals surface area contributed by atoms with Crippen LogP contribution in [0.3, 0.4) is 0 Å². The number of nitrogens with zero attached hydrogens (tertiary/aromatic N) is 4. The van der Waals surface area contributed by atoms with Crippen molar-refractivity contribution in [2.24, 2.45) is 0 Å². The molecule has 1 aromatic heterocycles. The molecule has 30 heavy (non-hydrogen) atoms. The molecule has 1 amide bonds. The molecule has 2 aromatic carbocycles. The third-order valence-corrected chi connectivity index (χ3v) is 5.94. The number of methoxy groups -OCH3 is 1. The van der Waals surface area contributed by atoms with Gasteiger partial charge in [-0.25, -0.2) is 4.68 Å². The Hall–Kier alpha value is -2.86. The van der Waals surface area contributed by atoms with E-state index in [1.807, 2.05) is 53.2 Å². The molecule has 156 valence electrons. The number of fused-ring (bicyclic) bond motifs is 1. The second-order valence-electron chi connectivity index (χ2n) is 7.43. The number of carbonyl (C=O) groups is 1. The van der Waals surface area contributed by atoms with Gasteiger partial charge in [0.2, 0.25) is 11.9 Å². The van der Waals surface area contributed by atoms with Crippen molar-refractivity contribution in [1.29, 1.82) is 0 Å². The van der Waals surface area contributed by atoms with Crippen molar-refractivity contribution < 1.29 is 9.53 Å². The zero-order chi connectivity index (χ0) is 21.1. The van der Waals surface area contributed by atoms with Crippen molar-refractivity contribution >= 4 is 23.5 Å². The van der Waals surface area contributed by atoms with Gasteiger partial charge in [0, 0.05) is 11.4 Å². The summed E-state index contributed by atoms with van der Waals surface area (Å²) in [5.41, 5.74) is 2.01. The third kappa shape index (κ3) is 3.79. The number of aromatic nitrogens is 3. The van der Waals surface area contributed by atoms with Crippen LogP contribution in [-0.2, 0) is 4.79 Å². The number of hydrogen-bond donors (Lipinski definition) is 0. The number of carbonyl (C=O) groups excluding carboxylic acids is 1. The lowest BCUT2D eigenvalue weighted by Gasteiger charge is -2.39. The number of ether oxygens (including phenoxy) is 1. The van der Waals surface area contributed by atoms with Crippen LogP contribution in [0.2, 0.25) is 5.02 Å². The first-order valence-corrected chi connectivity index (χ1v) is 10.6. The number of halogens is 1. The summed E-state index contributed by atoms with van der Waals surface area (Å²) in [6, 6.07) is 15.4. The van der Waals surface area contributed by atoms with Crippen molar-refractivity contribution in [3.8, 4) is 5.75 Å². The molecule has 2 heterocycles. The van der Waals surface area contributed by atoms with Crippen molar-refractivity contribution in [1.82, 2.24) is 14.8 Å². The first kappa shape index (κ1) is 20.4. The Kier molecular flexibility index (Phi) is 6.04. The quantitative estimate of drug-likeness (QED) is 0.545. The fourth-order valence-electron chi connectivity index (χ4n) is 4.04. The minimum absolute atomic E-state index is 0.0597. The summed E-state index contributed by atoms with van der Waals surface area (Å²) in [5, 5.41) is 5.14. The molecule has 7 heteroatoms. The topological polar surface area (TPSA) is 60.2 Å². The molecule has 0 saturated carbocycles. The third-order valence-electron chi connectivity index (χ3n) is 5.60. The molecular formula is C23H25ClN4O2. The van der Waals surface area contributed by atoms with Crippen LogP contribution in [0.25, 0.3) is 0 Å². The predicted molar refractivity (Wildman–Crippen MR) is 117 cm³/mol. The number of amides is 1. The molecule has 1 aliphatic rings. The van der Waals surface area contributed by atoms with Crippen LogP contribution in [0.1, 0.15) is 55.8 Å². The Morgan fingerprint density at radius 2 is 1.93 bits per heavy atom. The van der Waals surface area contributed by atoms with Crippen LogP contribution in [0.5, 0.6) is 5.75 Å². The summed E-state index contributed by atoms with van der Waals surface area (Å²) in [6.45, 7) is 2.08. The molecular weight excluding hydrogens is 400 g/mol. The Morgan fingerprint density at radius 3 is 2.63 bits per heavy atom. The van der Waals surface area contributed by atoms with Gasteiger partial charge in [-0.2, -0.15) is 10.1 Å². The van der Waals surface area contributed by atoms with Gasteiger partial charge in [0.1, 0.15) is 12.1 Å². The second kappa shape index (κ2) is 8.88. The molecule has 2 unspecified atom stereocenters. The fraction of sp³-hybridized carbons (Fsp3) is 0.348. The van der Waals surface area contributed by atoms with E-state index < -0.39 is 0 Å². The van der Waals surface area contributed by atoms with E-state index >= 15 is 0 Å². The summed E-state index contributed by atoms with van der Waals surface area (Å²) in [6.07, 6.45) is 4.45. The van der Waals surface area contributed by atoms with Gasteiger partial charge in [-0.15, -0.1) is 0 Å². The first-order valence-electron chi connectivity index (χ1n) is 10.2. The summed E-state index contributed by atoms with van der Waals surface area (Å²) < 4.78 is 7.13. The molecule has 4 rings (SSSR count). The molecule has 2 atom stereocenters. The molecule has 0 spiro atoms. The lowest BCUT2D eigenvalue weighted by atomic mass is 9.91. The standard InChI is InChI=1S/C23H25ClN4O2/c1-3-4-9-22(29)27-20(16-10-12-17(30-2)13-11-16)14-21(28-23(27)25-15-26-28)18-7-5-6-8-19(18)24/h5-8,10-13,15,20-21H,3-4,9,14H2,1-2H3. The lowest BCUT2D eigenvalue weighted by Crippen LogP contribution is -2.42. The van der Waals surface area contributed by atoms with Gasteiger partial charge >= 0.3 is 0 Å². The van der Waals surface area contributed by atoms with Crippen LogP contribution in [-0.4, -0.2) is 27.8 Å². The van der Waals surface area contributed by atoms with E-state index in [1.54, 1.807) is 12.0 Å². The minimum Gasteiger partial charge on any atom is -0.497 e. The van der Waals surface area contributed by atoms with E-state index in [4.69, 9.17) is 16.3 Å². The molecule has 0 bridgehead atoms. The highest BCUT2D eigenvalue weighted by Gasteiger charge is 2.39. The average Bonchev–Trinajstić information content (AvgIpc) is 3.26. The Bertz CT molecular complexity index is 1020. The van der Waals surface area contributed by atoms with Crippen LogP contribution >= 0.6 is 11.6 Å². The number of benzene rings is 2. The molecule has 0 N–H and O–H groups in total. The maximum absolute atomic E-state index is 13.2. The van der Waals surface area contributed by atoms with Gasteiger partial charge in [0.15, 0.2) is 0 Å². The maximum Gasteiger partial charge on any atom is 0.231 e. The van der Waals surface area contributed by atoms with Crippen molar-refractivity contribution in [3.63, 3.8) is 0 Å². The van der Waals surface area contributed by atoms with Gasteiger partial charge < -0.3 is 4.74 Å². The van der Waals surface area contributed by atoms with Gasteiger partial charge in [-0.1, -0.05) is 55.3 Å². The van der Waals surface area contributed by atoms with Crippen LogP contribution in [0, 0.1) is 0 Å². The monoisotopic (exact) mass is 424 g/mol. The van der Waals surface area contributed by atoms with E-state index in [0.717, 1.165) is 29.7 Å². The largest absolute Gasteiger partial charge is 0.497 e. The number of rotatable bonds is 6. The fourth-order valence-corrected chi connectivity index (χ4v) is 4.30. The highest BCUT2D eigenvalue weighted by atomic mass is 35.5. The number of anilines is 1. The average molecular weight is 425 g/mol. The van der Waals surface area contributed by atoms with Gasteiger partial charge in [-0.3, -0.25) is 9.69 Å². The van der Waals surface area contributed by atoms with Gasteiger partial charge in [0.05, 0.1) is 19.2 Å². The van der Waals surface area contributed by atoms with Crippen LogP contribution < -0.4 is 9.64 Å². The zero-order valence-corrected chi connectivity index (χ0v) is 17.9. The Balaban J connectivity index is 1.80. The van der Waals surface area contributed by atoms with Gasteiger partial charge in [-0.05, 0) is 42.2 Å². The van der Waals surface area contributed by atoms with Crippen LogP contribution in [0.15, 0.2) is 54.9 Å². The van der Waals surface area contributed by atoms with E-state index in [-0.39, 0.29) is 18.0 Å². The zero-order valence-electron chi connectivity index (χ0n) is 17.2.